The van der Waals surface area contributed by atoms with Gasteiger partial charge in [-0.15, -0.1) is 0 Å². The summed E-state index contributed by atoms with van der Waals surface area (Å²) in [7, 11) is 0. The third-order valence-corrected chi connectivity index (χ3v) is 13.0. The van der Waals surface area contributed by atoms with E-state index in [2.05, 4.69) is 10.6 Å². The molecule has 1 fully saturated rings. The minimum atomic E-state index is -1.34. The van der Waals surface area contributed by atoms with Crippen molar-refractivity contribution in [1.82, 2.24) is 20.4 Å². The van der Waals surface area contributed by atoms with Crippen LogP contribution >= 0.6 is 0 Å². The first-order valence-electron chi connectivity index (χ1n) is 22.1. The number of benzene rings is 6. The average Bonchev–Trinajstić information content (AvgIpc) is 3.87. The lowest BCUT2D eigenvalue weighted by Gasteiger charge is -2.32. The molecule has 2 N–H and O–H groups in total. The monoisotopic (exact) mass is 875 g/mol. The zero-order valence-corrected chi connectivity index (χ0v) is 35.9. The van der Waals surface area contributed by atoms with Crippen LogP contribution in [0.15, 0.2) is 157 Å². The summed E-state index contributed by atoms with van der Waals surface area (Å²) in [5.74, 6) is -1.38. The number of imide groups is 1. The summed E-state index contributed by atoms with van der Waals surface area (Å²) in [5.41, 5.74) is 7.30. The maximum absolute atomic E-state index is 15.0. The van der Waals surface area contributed by atoms with E-state index in [1.54, 1.807) is 29.2 Å². The largest absolute Gasteiger partial charge is 0.466 e. The summed E-state index contributed by atoms with van der Waals surface area (Å²) in [6, 6.07) is 46.9. The lowest BCUT2D eigenvalue weighted by atomic mass is 9.81. The fourth-order valence-electron chi connectivity index (χ4n) is 9.58. The highest BCUT2D eigenvalue weighted by Crippen LogP contribution is 2.46. The Hall–Kier alpha value is -7.99. The van der Waals surface area contributed by atoms with Gasteiger partial charge in [-0.05, 0) is 63.6 Å². The van der Waals surface area contributed by atoms with E-state index in [1.165, 1.54) is 4.90 Å². The highest BCUT2D eigenvalue weighted by Gasteiger charge is 2.57. The minimum Gasteiger partial charge on any atom is -0.466 e. The number of hydrogen-bond donors (Lipinski definition) is 2. The second kappa shape index (κ2) is 17.5. The van der Waals surface area contributed by atoms with Gasteiger partial charge in [-0.2, -0.15) is 0 Å². The van der Waals surface area contributed by atoms with Crippen molar-refractivity contribution in [2.24, 2.45) is 4.99 Å². The Bertz CT molecular complexity index is 2940. The van der Waals surface area contributed by atoms with Crippen LogP contribution in [0.3, 0.4) is 0 Å². The first-order chi connectivity index (χ1) is 32.1. The van der Waals surface area contributed by atoms with E-state index in [0.29, 0.717) is 23.4 Å². The average molecular weight is 876 g/mol. The lowest BCUT2D eigenvalue weighted by molar-refractivity contribution is -0.143. The number of ketones is 1. The molecule has 6 aromatic carbocycles. The fraction of sp³-hybridized carbons (Fsp3) is 0.204. The molecule has 0 aromatic heterocycles. The molecule has 1 unspecified atom stereocenters. The molecule has 0 aliphatic carbocycles. The fourth-order valence-corrected chi connectivity index (χ4v) is 9.58. The third-order valence-electron chi connectivity index (χ3n) is 13.0. The highest BCUT2D eigenvalue weighted by molar-refractivity contribution is 6.06. The van der Waals surface area contributed by atoms with Gasteiger partial charge in [0.05, 0.1) is 6.54 Å². The normalized spacial score (nSPS) is 19.8. The maximum atomic E-state index is 15.0. The number of Topliss-reactive ketones (excluding diaryl/α,β-unsaturated/α-hetero) is 1. The number of aliphatic imine (C=N–C) groups is 1. The van der Waals surface area contributed by atoms with E-state index in [1.807, 2.05) is 127 Å². The second-order valence-corrected chi connectivity index (χ2v) is 17.2. The Labute approximate surface area is 381 Å². The van der Waals surface area contributed by atoms with E-state index in [0.717, 1.165) is 50.1 Å². The molecule has 4 aliphatic heterocycles. The zero-order chi connectivity index (χ0) is 45.4. The van der Waals surface area contributed by atoms with Crippen molar-refractivity contribution in [3.05, 3.63) is 202 Å². The summed E-state index contributed by atoms with van der Waals surface area (Å²) in [5, 5.41) is 5.34. The van der Waals surface area contributed by atoms with Gasteiger partial charge in [-0.3, -0.25) is 34.1 Å². The number of ether oxygens (including phenoxy) is 1. The van der Waals surface area contributed by atoms with Crippen LogP contribution in [0.2, 0.25) is 0 Å². The van der Waals surface area contributed by atoms with Gasteiger partial charge in [0.15, 0.2) is 17.4 Å². The van der Waals surface area contributed by atoms with E-state index in [-0.39, 0.29) is 74.9 Å². The van der Waals surface area contributed by atoms with Crippen LogP contribution in [0, 0.1) is 0 Å². The summed E-state index contributed by atoms with van der Waals surface area (Å²) < 4.78 is 6.64. The first kappa shape index (κ1) is 42.0. The van der Waals surface area contributed by atoms with Crippen LogP contribution in [0.1, 0.15) is 78.6 Å². The van der Waals surface area contributed by atoms with Gasteiger partial charge in [-0.25, -0.2) is 4.99 Å². The van der Waals surface area contributed by atoms with Crippen molar-refractivity contribution in [3.8, 4) is 11.1 Å². The standard InChI is InChI=1S/C54H45N5O7/c60-46(28-40-15-9-17-43-44(40)32-59(52(43)64)45-26-27-47(61)56-50(45)63)38-24-22-37(23-25-38)36-20-18-35(19-21-36)30-55-48(62)33-58-31-41-14-7-8-16-42(41)49-54(53(58)65,29-34-10-3-1-4-11-34)57-51(66-49)39-12-5-2-6-13-39/h1-25,45,49H,26-33H2,(H,55,62)(H,56,61,63)/t45?,49-,54-/m0/s1. The molecule has 10 rings (SSSR count). The topological polar surface area (TPSA) is 155 Å². The van der Waals surface area contributed by atoms with Crippen LogP contribution in [0.4, 0.5) is 0 Å². The van der Waals surface area contributed by atoms with Crippen molar-refractivity contribution in [3.63, 3.8) is 0 Å². The van der Waals surface area contributed by atoms with Crippen molar-refractivity contribution in [2.75, 3.05) is 6.54 Å². The Morgan fingerprint density at radius 3 is 2.17 bits per heavy atom. The predicted octanol–water partition coefficient (Wildman–Crippen LogP) is 6.70. The number of nitrogens with one attached hydrogen (secondary N) is 2. The number of hydrogen-bond acceptors (Lipinski definition) is 8. The van der Waals surface area contributed by atoms with Crippen molar-refractivity contribution in [2.45, 2.75) is 63.0 Å². The van der Waals surface area contributed by atoms with Gasteiger partial charge in [0, 0.05) is 61.2 Å². The SMILES string of the molecule is O=C(CN1Cc2ccccc2[C@@H]2OC(c3ccccc3)=N[C@]2(Cc2ccccc2)C1=O)NCc1ccc(-c2ccc(C(=O)Cc3cccc4c3CN(C3CCC(=O)NC3=O)C4=O)cc2)cc1. The molecule has 1 saturated heterocycles. The zero-order valence-electron chi connectivity index (χ0n) is 35.9. The molecule has 0 bridgehead atoms. The Morgan fingerprint density at radius 1 is 0.727 bits per heavy atom. The molecular weight excluding hydrogens is 831 g/mol. The predicted molar refractivity (Wildman–Crippen MR) is 246 cm³/mol. The molecule has 0 spiro atoms. The lowest BCUT2D eigenvalue weighted by Crippen LogP contribution is -2.52. The van der Waals surface area contributed by atoms with E-state index < -0.39 is 23.6 Å². The van der Waals surface area contributed by atoms with Crippen LogP contribution in [-0.4, -0.2) is 69.1 Å². The Balaban J connectivity index is 0.794. The third kappa shape index (κ3) is 8.06. The van der Waals surface area contributed by atoms with E-state index >= 15 is 0 Å². The Morgan fingerprint density at radius 2 is 1.42 bits per heavy atom. The summed E-state index contributed by atoms with van der Waals surface area (Å²) in [4.78, 5) is 88.0. The van der Waals surface area contributed by atoms with Crippen LogP contribution in [0.5, 0.6) is 0 Å². The van der Waals surface area contributed by atoms with Gasteiger partial charge in [0.25, 0.3) is 11.8 Å². The number of rotatable bonds is 12. The molecule has 4 heterocycles. The minimum absolute atomic E-state index is 0.0885. The summed E-state index contributed by atoms with van der Waals surface area (Å²) in [6.07, 6.45) is 0.125. The smallest absolute Gasteiger partial charge is 0.256 e. The molecule has 12 heteroatoms. The number of piperidine rings is 1. The highest BCUT2D eigenvalue weighted by atomic mass is 16.5. The molecule has 4 aliphatic rings. The number of fused-ring (bicyclic) bond motifs is 4. The second-order valence-electron chi connectivity index (χ2n) is 17.2. The quantitative estimate of drug-likeness (QED) is 0.103. The van der Waals surface area contributed by atoms with Crippen LogP contribution in [0.25, 0.3) is 11.1 Å². The maximum Gasteiger partial charge on any atom is 0.256 e. The number of nitrogens with zero attached hydrogens (tertiary/aromatic N) is 3. The molecule has 3 atom stereocenters. The molecule has 12 nitrogen and oxygen atoms in total. The molecule has 66 heavy (non-hydrogen) atoms. The number of amides is 5. The van der Waals surface area contributed by atoms with E-state index in [4.69, 9.17) is 9.73 Å². The number of carbonyl (C=O) groups excluding carboxylic acids is 6. The summed E-state index contributed by atoms with van der Waals surface area (Å²) in [6.45, 7) is 0.520. The van der Waals surface area contributed by atoms with Gasteiger partial charge in [0.1, 0.15) is 6.04 Å². The first-order valence-corrected chi connectivity index (χ1v) is 22.1. The van der Waals surface area contributed by atoms with Gasteiger partial charge < -0.3 is 19.9 Å². The molecular formula is C54H45N5O7. The van der Waals surface area contributed by atoms with Gasteiger partial charge in [-0.1, -0.05) is 133 Å². The van der Waals surface area contributed by atoms with Crippen molar-refractivity contribution < 1.29 is 33.5 Å². The molecule has 6 aromatic rings. The van der Waals surface area contributed by atoms with Crippen LogP contribution in [-0.2, 0) is 56.4 Å². The van der Waals surface area contributed by atoms with Gasteiger partial charge >= 0.3 is 0 Å². The van der Waals surface area contributed by atoms with E-state index in [9.17, 15) is 28.8 Å². The Kier molecular flexibility index (Phi) is 11.2. The molecule has 0 saturated carbocycles. The van der Waals surface area contributed by atoms with Crippen LogP contribution < -0.4 is 10.6 Å². The molecule has 0 radical (unpaired) electrons. The van der Waals surface area contributed by atoms with Crippen molar-refractivity contribution in [1.29, 1.82) is 0 Å². The van der Waals surface area contributed by atoms with Gasteiger partial charge in [0.2, 0.25) is 23.6 Å². The summed E-state index contributed by atoms with van der Waals surface area (Å²) >= 11 is 0. The van der Waals surface area contributed by atoms with Crippen molar-refractivity contribution >= 4 is 41.2 Å². The molecule has 328 valence electrons. The molecule has 5 amide bonds. The number of carbonyl (C=O) groups is 6.